The molecule has 2 unspecified atom stereocenters. The Balaban J connectivity index is 0.000000608. The van der Waals surface area contributed by atoms with E-state index >= 15 is 0 Å². The number of Topliss-reactive ketones (excluding diaryl/α,β-unsaturated/α-hetero) is 2. The van der Waals surface area contributed by atoms with Gasteiger partial charge in [0.15, 0.2) is 5.12 Å². The molecule has 206 valence electrons. The standard InChI is InChI=1S/C17H22O2.C11H16.C3H6OS.CH3I/c1-4-11(2)13-5-7-14(8-6-13)17-10-15(19)9-16(17)12(3)18;1-2-3-5-8-11-9-6-4-7-10-11;1-2-3(4)5;1-2/h5-8,11,16-17H,4,9-10H2,1-3H3;4,6-7,9-10H,2-3,5,8H2,1H3;2H2,1H3,(H,4,5);1H3/t11?,16-,17?;;;/m1.../s1. The number of ketones is 2. The van der Waals surface area contributed by atoms with E-state index in [0.717, 1.165) is 12.0 Å². The predicted molar refractivity (Wildman–Crippen MR) is 170 cm³/mol. The molecule has 5 heteroatoms. The fourth-order valence-electron chi connectivity index (χ4n) is 4.17. The molecule has 3 atom stereocenters. The fourth-order valence-corrected chi connectivity index (χ4v) is 4.17. The van der Waals surface area contributed by atoms with Crippen molar-refractivity contribution < 1.29 is 14.4 Å². The van der Waals surface area contributed by atoms with Crippen LogP contribution in [0.1, 0.15) is 108 Å². The summed E-state index contributed by atoms with van der Waals surface area (Å²) in [5.74, 6) is 0.902. The van der Waals surface area contributed by atoms with Gasteiger partial charge in [-0.05, 0) is 53.7 Å². The van der Waals surface area contributed by atoms with Gasteiger partial charge in [-0.3, -0.25) is 14.4 Å². The Hall–Kier alpha value is -1.47. The molecule has 3 nitrogen and oxygen atoms in total. The largest absolute Gasteiger partial charge is 0.300 e. The molecular weight excluding hydrogens is 591 g/mol. The first-order chi connectivity index (χ1) is 17.7. The van der Waals surface area contributed by atoms with Crippen LogP contribution < -0.4 is 0 Å². The third-order valence-electron chi connectivity index (χ3n) is 6.66. The van der Waals surface area contributed by atoms with E-state index in [2.05, 4.69) is 111 Å². The van der Waals surface area contributed by atoms with Crippen molar-refractivity contribution in [3.8, 4) is 0 Å². The maximum absolute atomic E-state index is 11.6. The number of halogens is 1. The second-order valence-electron chi connectivity index (χ2n) is 9.44. The van der Waals surface area contributed by atoms with Gasteiger partial charge in [-0.1, -0.05) is 118 Å². The van der Waals surface area contributed by atoms with Crippen LogP contribution in [0.5, 0.6) is 0 Å². The predicted octanol–water partition coefficient (Wildman–Crippen LogP) is 9.18. The lowest BCUT2D eigenvalue weighted by molar-refractivity contribution is -0.123. The monoisotopic (exact) mass is 638 g/mol. The second-order valence-corrected chi connectivity index (χ2v) is 9.94. The first-order valence-corrected chi connectivity index (χ1v) is 16.1. The van der Waals surface area contributed by atoms with Crippen molar-refractivity contribution in [2.24, 2.45) is 5.92 Å². The summed E-state index contributed by atoms with van der Waals surface area (Å²) in [6, 6.07) is 19.2. The second kappa shape index (κ2) is 21.5. The molecule has 1 aliphatic rings. The van der Waals surface area contributed by atoms with Crippen LogP contribution in [-0.2, 0) is 20.8 Å². The van der Waals surface area contributed by atoms with Crippen LogP contribution in [0.15, 0.2) is 54.6 Å². The molecule has 0 amide bonds. The lowest BCUT2D eigenvalue weighted by Crippen LogP contribution is -2.14. The minimum Gasteiger partial charge on any atom is -0.300 e. The molecule has 3 rings (SSSR count). The molecule has 2 aromatic rings. The molecule has 0 spiro atoms. The summed E-state index contributed by atoms with van der Waals surface area (Å²) in [5, 5.41) is -0.0509. The fraction of sp³-hybridized carbons (Fsp3) is 0.531. The maximum Gasteiger partial charge on any atom is 0.185 e. The van der Waals surface area contributed by atoms with Crippen LogP contribution in [0.25, 0.3) is 0 Å². The molecule has 1 aliphatic carbocycles. The number of thiol groups is 1. The van der Waals surface area contributed by atoms with Crippen LogP contribution >= 0.6 is 35.2 Å². The number of hydrogen-bond acceptors (Lipinski definition) is 3. The van der Waals surface area contributed by atoms with E-state index < -0.39 is 0 Å². The number of hydrogen-bond donors (Lipinski definition) is 1. The molecule has 0 aromatic heterocycles. The highest BCUT2D eigenvalue weighted by Crippen LogP contribution is 2.38. The van der Waals surface area contributed by atoms with Gasteiger partial charge in [0.1, 0.15) is 11.6 Å². The van der Waals surface area contributed by atoms with Gasteiger partial charge in [0, 0.05) is 31.1 Å². The Bertz CT molecular complexity index is 896. The van der Waals surface area contributed by atoms with Crippen LogP contribution in [0.2, 0.25) is 0 Å². The first-order valence-electron chi connectivity index (χ1n) is 13.5. The zero-order valence-electron chi connectivity index (χ0n) is 23.6. The van der Waals surface area contributed by atoms with E-state index in [4.69, 9.17) is 0 Å². The highest BCUT2D eigenvalue weighted by molar-refractivity contribution is 14.1. The number of carbonyl (C=O) groups excluding carboxylic acids is 3. The first kappa shape index (κ1) is 35.5. The third-order valence-corrected chi connectivity index (χ3v) is 6.98. The van der Waals surface area contributed by atoms with Crippen LogP contribution in [0, 0.1) is 5.92 Å². The van der Waals surface area contributed by atoms with Gasteiger partial charge in [0.2, 0.25) is 0 Å². The van der Waals surface area contributed by atoms with Gasteiger partial charge in [-0.15, -0.1) is 12.6 Å². The van der Waals surface area contributed by atoms with E-state index in [9.17, 15) is 14.4 Å². The number of rotatable bonds is 9. The molecule has 0 aliphatic heterocycles. The summed E-state index contributed by atoms with van der Waals surface area (Å²) in [4.78, 5) is 34.9. The number of benzene rings is 2. The topological polar surface area (TPSA) is 51.2 Å². The maximum atomic E-state index is 11.6. The smallest absolute Gasteiger partial charge is 0.185 e. The Morgan fingerprint density at radius 2 is 1.51 bits per heavy atom. The molecular formula is C32H47IO3S. The summed E-state index contributed by atoms with van der Waals surface area (Å²) >= 11 is 5.61. The van der Waals surface area contributed by atoms with Crippen molar-refractivity contribution in [1.82, 2.24) is 0 Å². The molecule has 1 fully saturated rings. The summed E-state index contributed by atoms with van der Waals surface area (Å²) in [6.45, 7) is 10.0. The van der Waals surface area contributed by atoms with Crippen molar-refractivity contribution in [2.45, 2.75) is 97.8 Å². The van der Waals surface area contributed by atoms with Crippen molar-refractivity contribution in [3.05, 3.63) is 71.3 Å². The van der Waals surface area contributed by atoms with Gasteiger partial charge >= 0.3 is 0 Å². The zero-order valence-corrected chi connectivity index (χ0v) is 26.7. The SMILES string of the molecule is CCC(=O)S.CCC(C)c1ccc(C2CC(=O)C[C@@H]2C(C)=O)cc1.CCCCCc1ccccc1.CI. The van der Waals surface area contributed by atoms with Crippen LogP contribution in [0.3, 0.4) is 0 Å². The summed E-state index contributed by atoms with van der Waals surface area (Å²) < 4.78 is 0. The van der Waals surface area contributed by atoms with E-state index in [1.165, 1.54) is 36.8 Å². The average Bonchev–Trinajstić information content (AvgIpc) is 3.33. The molecule has 0 N–H and O–H groups in total. The molecule has 0 heterocycles. The van der Waals surface area contributed by atoms with Crippen molar-refractivity contribution in [2.75, 3.05) is 4.93 Å². The van der Waals surface area contributed by atoms with Crippen molar-refractivity contribution >= 4 is 51.9 Å². The Morgan fingerprint density at radius 1 is 0.946 bits per heavy atom. The minimum absolute atomic E-state index is 0.0509. The van der Waals surface area contributed by atoms with Gasteiger partial charge in [-0.2, -0.15) is 0 Å². The Labute approximate surface area is 245 Å². The summed E-state index contributed by atoms with van der Waals surface area (Å²) in [6.07, 6.45) is 7.84. The number of carbonyl (C=O) groups is 3. The van der Waals surface area contributed by atoms with Crippen molar-refractivity contribution in [1.29, 1.82) is 0 Å². The van der Waals surface area contributed by atoms with E-state index in [1.54, 1.807) is 13.8 Å². The Kier molecular flexibility index (Phi) is 20.6. The quantitative estimate of drug-likeness (QED) is 0.129. The van der Waals surface area contributed by atoms with Crippen LogP contribution in [0.4, 0.5) is 0 Å². The van der Waals surface area contributed by atoms with Crippen LogP contribution in [-0.4, -0.2) is 21.6 Å². The molecule has 0 saturated heterocycles. The summed E-state index contributed by atoms with van der Waals surface area (Å²) in [7, 11) is 0. The lowest BCUT2D eigenvalue weighted by atomic mass is 9.85. The van der Waals surface area contributed by atoms with Crippen molar-refractivity contribution in [3.63, 3.8) is 0 Å². The van der Waals surface area contributed by atoms with Gasteiger partial charge < -0.3 is 0 Å². The van der Waals surface area contributed by atoms with E-state index in [1.807, 2.05) is 4.93 Å². The molecule has 37 heavy (non-hydrogen) atoms. The van der Waals surface area contributed by atoms with Gasteiger partial charge in [0.25, 0.3) is 0 Å². The molecule has 0 bridgehead atoms. The minimum atomic E-state index is -0.109. The van der Waals surface area contributed by atoms with Gasteiger partial charge in [0.05, 0.1) is 0 Å². The van der Waals surface area contributed by atoms with Gasteiger partial charge in [-0.25, -0.2) is 0 Å². The third kappa shape index (κ3) is 14.9. The van der Waals surface area contributed by atoms with E-state index in [-0.39, 0.29) is 28.5 Å². The number of unbranched alkanes of at least 4 members (excludes halogenated alkanes) is 2. The average molecular weight is 639 g/mol. The highest BCUT2D eigenvalue weighted by Gasteiger charge is 2.36. The Morgan fingerprint density at radius 3 is 1.97 bits per heavy atom. The number of alkyl halides is 1. The normalized spacial score (nSPS) is 16.7. The number of aryl methyl sites for hydroxylation is 1. The zero-order chi connectivity index (χ0) is 28.2. The molecule has 2 aromatic carbocycles. The lowest BCUT2D eigenvalue weighted by Gasteiger charge is -2.17. The molecule has 0 radical (unpaired) electrons. The summed E-state index contributed by atoms with van der Waals surface area (Å²) in [5.41, 5.74) is 3.94. The highest BCUT2D eigenvalue weighted by atomic mass is 127. The van der Waals surface area contributed by atoms with E-state index in [0.29, 0.717) is 25.2 Å². The molecule has 1 saturated carbocycles.